The molecule has 0 rings (SSSR count). The van der Waals surface area contributed by atoms with Gasteiger partial charge in [-0.05, 0) is 5.41 Å². The average Bonchev–Trinajstić information content (AvgIpc) is 1.82. The van der Waals surface area contributed by atoms with Crippen LogP contribution in [0.3, 0.4) is 0 Å². The second-order valence-electron chi connectivity index (χ2n) is 4.08. The molecule has 0 aromatic rings. The van der Waals surface area contributed by atoms with Gasteiger partial charge in [-0.25, -0.2) is 0 Å². The Balaban J connectivity index is 4.26. The lowest BCUT2D eigenvalue weighted by Crippen LogP contribution is -2.47. The van der Waals surface area contributed by atoms with E-state index >= 15 is 0 Å². The van der Waals surface area contributed by atoms with E-state index in [4.69, 9.17) is 5.73 Å². The molecule has 0 aliphatic rings. The van der Waals surface area contributed by atoms with Gasteiger partial charge in [-0.2, -0.15) is 0 Å². The molecular weight excluding hydrogens is 140 g/mol. The molecule has 0 aromatic carbocycles. The van der Waals surface area contributed by atoms with Crippen molar-refractivity contribution in [2.75, 3.05) is 14.1 Å². The summed E-state index contributed by atoms with van der Waals surface area (Å²) in [6.07, 6.45) is 0. The third-order valence-corrected chi connectivity index (χ3v) is 1.64. The zero-order valence-electron chi connectivity index (χ0n) is 8.01. The molecule has 2 N–H and O–H groups in total. The number of amides is 1. The molecule has 0 bridgehead atoms. The van der Waals surface area contributed by atoms with Gasteiger partial charge in [0, 0.05) is 14.1 Å². The average molecular weight is 158 g/mol. The van der Waals surface area contributed by atoms with Crippen molar-refractivity contribution in [2.24, 2.45) is 11.1 Å². The van der Waals surface area contributed by atoms with Gasteiger partial charge in [0.05, 0.1) is 6.04 Å². The van der Waals surface area contributed by atoms with Crippen LogP contribution in [0.15, 0.2) is 0 Å². The van der Waals surface area contributed by atoms with E-state index < -0.39 is 6.04 Å². The molecule has 3 heteroatoms. The molecule has 0 aliphatic carbocycles. The minimum Gasteiger partial charge on any atom is -0.347 e. The quantitative estimate of drug-likeness (QED) is 0.602. The number of carbonyl (C=O) groups excluding carboxylic acids is 1. The van der Waals surface area contributed by atoms with E-state index in [-0.39, 0.29) is 11.3 Å². The molecule has 1 unspecified atom stereocenters. The number of nitrogens with zero attached hydrogens (tertiary/aromatic N) is 1. The molecule has 3 nitrogen and oxygen atoms in total. The second kappa shape index (κ2) is 3.22. The van der Waals surface area contributed by atoms with Crippen molar-refractivity contribution >= 4 is 5.91 Å². The highest BCUT2D eigenvalue weighted by molar-refractivity contribution is 5.81. The Hall–Kier alpha value is -0.570. The molecular formula is C8H18N2O. The summed E-state index contributed by atoms with van der Waals surface area (Å²) in [5, 5.41) is 0. The van der Waals surface area contributed by atoms with E-state index in [2.05, 4.69) is 0 Å². The Kier molecular flexibility index (Phi) is 3.05. The van der Waals surface area contributed by atoms with Gasteiger partial charge < -0.3 is 10.6 Å². The zero-order chi connectivity index (χ0) is 9.23. The minimum absolute atomic E-state index is 0.0162. The molecule has 1 atom stereocenters. The first-order valence-corrected chi connectivity index (χ1v) is 3.73. The molecule has 0 radical (unpaired) electrons. The number of nitrogens with two attached hydrogens (primary N) is 1. The summed E-state index contributed by atoms with van der Waals surface area (Å²) in [6, 6.07) is -0.405. The molecule has 0 spiro atoms. The highest BCUT2D eigenvalue weighted by Crippen LogP contribution is 2.18. The largest absolute Gasteiger partial charge is 0.347 e. The van der Waals surface area contributed by atoms with Crippen LogP contribution in [-0.4, -0.2) is 30.9 Å². The van der Waals surface area contributed by atoms with E-state index in [0.717, 1.165) is 0 Å². The van der Waals surface area contributed by atoms with Gasteiger partial charge in [0.2, 0.25) is 5.91 Å². The topological polar surface area (TPSA) is 46.3 Å². The predicted molar refractivity (Wildman–Crippen MR) is 46.1 cm³/mol. The Morgan fingerprint density at radius 1 is 1.36 bits per heavy atom. The van der Waals surface area contributed by atoms with Crippen LogP contribution >= 0.6 is 0 Å². The van der Waals surface area contributed by atoms with Crippen molar-refractivity contribution in [3.05, 3.63) is 0 Å². The Labute approximate surface area is 68.6 Å². The summed E-state index contributed by atoms with van der Waals surface area (Å²) in [5.41, 5.74) is 5.55. The normalized spacial score (nSPS) is 14.4. The van der Waals surface area contributed by atoms with Crippen LogP contribution in [0.5, 0.6) is 0 Å². The Bertz CT molecular complexity index is 147. The molecule has 0 saturated heterocycles. The van der Waals surface area contributed by atoms with Crippen molar-refractivity contribution in [1.82, 2.24) is 4.90 Å². The molecule has 0 fully saturated rings. The maximum absolute atomic E-state index is 11.3. The first kappa shape index (κ1) is 10.4. The first-order chi connectivity index (χ1) is 4.76. The second-order valence-corrected chi connectivity index (χ2v) is 4.08. The molecule has 0 aromatic heterocycles. The van der Waals surface area contributed by atoms with Crippen LogP contribution in [0.25, 0.3) is 0 Å². The predicted octanol–water partition coefficient (Wildman–Crippen LogP) is 0.448. The van der Waals surface area contributed by atoms with Crippen LogP contribution in [-0.2, 0) is 4.79 Å². The van der Waals surface area contributed by atoms with Crippen LogP contribution in [0.1, 0.15) is 20.8 Å². The van der Waals surface area contributed by atoms with E-state index in [0.29, 0.717) is 0 Å². The SMILES string of the molecule is CN(C)C(=O)C(N)C(C)(C)C. The maximum atomic E-state index is 11.3. The maximum Gasteiger partial charge on any atom is 0.239 e. The van der Waals surface area contributed by atoms with Crippen LogP contribution in [0.2, 0.25) is 0 Å². The van der Waals surface area contributed by atoms with Gasteiger partial charge in [-0.15, -0.1) is 0 Å². The smallest absolute Gasteiger partial charge is 0.239 e. The zero-order valence-corrected chi connectivity index (χ0v) is 8.01. The summed E-state index contributed by atoms with van der Waals surface area (Å²) in [4.78, 5) is 12.8. The van der Waals surface area contributed by atoms with Crippen molar-refractivity contribution < 1.29 is 4.79 Å². The number of hydrogen-bond acceptors (Lipinski definition) is 2. The van der Waals surface area contributed by atoms with Gasteiger partial charge >= 0.3 is 0 Å². The lowest BCUT2D eigenvalue weighted by Gasteiger charge is -2.28. The fraction of sp³-hybridized carbons (Fsp3) is 0.875. The van der Waals surface area contributed by atoms with Gasteiger partial charge in [0.1, 0.15) is 0 Å². The van der Waals surface area contributed by atoms with Crippen LogP contribution in [0.4, 0.5) is 0 Å². The summed E-state index contributed by atoms with van der Waals surface area (Å²) in [6.45, 7) is 5.87. The third-order valence-electron chi connectivity index (χ3n) is 1.64. The summed E-state index contributed by atoms with van der Waals surface area (Å²) in [5.74, 6) is -0.0162. The molecule has 66 valence electrons. The molecule has 11 heavy (non-hydrogen) atoms. The lowest BCUT2D eigenvalue weighted by molar-refractivity contribution is -0.132. The fourth-order valence-corrected chi connectivity index (χ4v) is 0.649. The van der Waals surface area contributed by atoms with Crippen molar-refractivity contribution in [3.8, 4) is 0 Å². The van der Waals surface area contributed by atoms with E-state index in [1.165, 1.54) is 4.90 Å². The summed E-state index contributed by atoms with van der Waals surface area (Å²) in [7, 11) is 3.43. The number of hydrogen-bond donors (Lipinski definition) is 1. The molecule has 0 heterocycles. The molecule has 0 saturated carbocycles. The van der Waals surface area contributed by atoms with Gasteiger partial charge in [0.25, 0.3) is 0 Å². The fourth-order valence-electron chi connectivity index (χ4n) is 0.649. The van der Waals surface area contributed by atoms with E-state index in [9.17, 15) is 4.79 Å². The standard InChI is InChI=1S/C8H18N2O/c1-8(2,3)6(9)7(11)10(4)5/h6H,9H2,1-5H3. The number of likely N-dealkylation sites (N-methyl/N-ethyl adjacent to an activating group) is 1. The lowest BCUT2D eigenvalue weighted by atomic mass is 9.87. The number of carbonyl (C=O) groups is 1. The first-order valence-electron chi connectivity index (χ1n) is 3.73. The van der Waals surface area contributed by atoms with Crippen molar-refractivity contribution in [3.63, 3.8) is 0 Å². The van der Waals surface area contributed by atoms with E-state index in [1.807, 2.05) is 20.8 Å². The Morgan fingerprint density at radius 3 is 1.82 bits per heavy atom. The molecule has 1 amide bonds. The third kappa shape index (κ3) is 2.89. The Morgan fingerprint density at radius 2 is 1.73 bits per heavy atom. The van der Waals surface area contributed by atoms with Crippen molar-refractivity contribution in [1.29, 1.82) is 0 Å². The van der Waals surface area contributed by atoms with Crippen LogP contribution in [0, 0.1) is 5.41 Å². The summed E-state index contributed by atoms with van der Waals surface area (Å²) >= 11 is 0. The minimum atomic E-state index is -0.405. The number of rotatable bonds is 1. The van der Waals surface area contributed by atoms with Crippen LogP contribution < -0.4 is 5.73 Å². The van der Waals surface area contributed by atoms with E-state index in [1.54, 1.807) is 14.1 Å². The highest BCUT2D eigenvalue weighted by Gasteiger charge is 2.28. The monoisotopic (exact) mass is 158 g/mol. The van der Waals surface area contributed by atoms with Gasteiger partial charge in [-0.3, -0.25) is 4.79 Å². The highest BCUT2D eigenvalue weighted by atomic mass is 16.2. The van der Waals surface area contributed by atoms with Gasteiger partial charge in [0.15, 0.2) is 0 Å². The summed E-state index contributed by atoms with van der Waals surface area (Å²) < 4.78 is 0. The molecule has 0 aliphatic heterocycles. The van der Waals surface area contributed by atoms with Gasteiger partial charge in [-0.1, -0.05) is 20.8 Å². The van der Waals surface area contributed by atoms with Crippen molar-refractivity contribution in [2.45, 2.75) is 26.8 Å².